The van der Waals surface area contributed by atoms with Crippen molar-refractivity contribution in [1.82, 2.24) is 5.32 Å². The Hall–Kier alpha value is -1.06. The van der Waals surface area contributed by atoms with Crippen LogP contribution in [0.2, 0.25) is 0 Å². The Morgan fingerprint density at radius 1 is 1.33 bits per heavy atom. The smallest absolute Gasteiger partial charge is 0.119 e. The van der Waals surface area contributed by atoms with Gasteiger partial charge in [0.05, 0.1) is 19.3 Å². The summed E-state index contributed by atoms with van der Waals surface area (Å²) in [5.41, 5.74) is 1.20. The van der Waals surface area contributed by atoms with E-state index < -0.39 is 0 Å². The summed E-state index contributed by atoms with van der Waals surface area (Å²) in [7, 11) is 1.71. The van der Waals surface area contributed by atoms with Crippen molar-refractivity contribution in [3.8, 4) is 5.75 Å². The summed E-state index contributed by atoms with van der Waals surface area (Å²) in [4.78, 5) is 0. The number of rotatable bonds is 7. The zero-order valence-electron chi connectivity index (χ0n) is 13.6. The Bertz CT molecular complexity index is 421. The SMILES string of the molecule is CCNCC(OC1CCCC(C)C1)c1cccc(OC)c1. The zero-order chi connectivity index (χ0) is 15.1. The maximum Gasteiger partial charge on any atom is 0.119 e. The average Bonchev–Trinajstić information content (AvgIpc) is 2.51. The van der Waals surface area contributed by atoms with Crippen LogP contribution in [-0.4, -0.2) is 26.3 Å². The lowest BCUT2D eigenvalue weighted by Gasteiger charge is -2.31. The van der Waals surface area contributed by atoms with Crippen molar-refractivity contribution in [2.45, 2.75) is 51.7 Å². The second-order valence-electron chi connectivity index (χ2n) is 6.10. The second kappa shape index (κ2) is 8.40. The molecule has 2 rings (SSSR count). The van der Waals surface area contributed by atoms with E-state index in [-0.39, 0.29) is 6.10 Å². The fraction of sp³-hybridized carbons (Fsp3) is 0.667. The van der Waals surface area contributed by atoms with E-state index >= 15 is 0 Å². The molecule has 3 heteroatoms. The van der Waals surface area contributed by atoms with Crippen molar-refractivity contribution < 1.29 is 9.47 Å². The average molecular weight is 291 g/mol. The predicted molar refractivity (Wildman–Crippen MR) is 86.8 cm³/mol. The monoisotopic (exact) mass is 291 g/mol. The van der Waals surface area contributed by atoms with E-state index in [9.17, 15) is 0 Å². The van der Waals surface area contributed by atoms with Gasteiger partial charge in [-0.2, -0.15) is 0 Å². The molecular weight excluding hydrogens is 262 g/mol. The van der Waals surface area contributed by atoms with Gasteiger partial charge in [0, 0.05) is 6.54 Å². The van der Waals surface area contributed by atoms with Gasteiger partial charge in [0.15, 0.2) is 0 Å². The summed E-state index contributed by atoms with van der Waals surface area (Å²) < 4.78 is 11.8. The van der Waals surface area contributed by atoms with E-state index in [2.05, 4.69) is 31.3 Å². The van der Waals surface area contributed by atoms with Gasteiger partial charge in [0.2, 0.25) is 0 Å². The quantitative estimate of drug-likeness (QED) is 0.825. The summed E-state index contributed by atoms with van der Waals surface area (Å²) in [5, 5.41) is 3.42. The van der Waals surface area contributed by atoms with Crippen LogP contribution < -0.4 is 10.1 Å². The van der Waals surface area contributed by atoms with Gasteiger partial charge in [-0.1, -0.05) is 38.8 Å². The molecule has 0 spiro atoms. The molecule has 0 heterocycles. The highest BCUT2D eigenvalue weighted by Gasteiger charge is 2.23. The van der Waals surface area contributed by atoms with Crippen molar-refractivity contribution in [1.29, 1.82) is 0 Å². The van der Waals surface area contributed by atoms with E-state index in [1.807, 2.05) is 12.1 Å². The molecule has 0 radical (unpaired) electrons. The van der Waals surface area contributed by atoms with Crippen molar-refractivity contribution in [2.75, 3.05) is 20.2 Å². The molecule has 3 atom stereocenters. The molecule has 118 valence electrons. The minimum Gasteiger partial charge on any atom is -0.497 e. The van der Waals surface area contributed by atoms with Gasteiger partial charge in [0.25, 0.3) is 0 Å². The zero-order valence-corrected chi connectivity index (χ0v) is 13.6. The van der Waals surface area contributed by atoms with Crippen LogP contribution >= 0.6 is 0 Å². The molecule has 1 aliphatic rings. The second-order valence-corrected chi connectivity index (χ2v) is 6.10. The first-order chi connectivity index (χ1) is 10.2. The van der Waals surface area contributed by atoms with Gasteiger partial charge in [-0.15, -0.1) is 0 Å². The molecule has 1 saturated carbocycles. The van der Waals surface area contributed by atoms with Crippen LogP contribution in [0.3, 0.4) is 0 Å². The van der Waals surface area contributed by atoms with E-state index in [1.54, 1.807) is 7.11 Å². The van der Waals surface area contributed by atoms with Crippen LogP contribution in [0.4, 0.5) is 0 Å². The highest BCUT2D eigenvalue weighted by Crippen LogP contribution is 2.30. The highest BCUT2D eigenvalue weighted by molar-refractivity contribution is 5.30. The molecule has 0 aromatic heterocycles. The van der Waals surface area contributed by atoms with Gasteiger partial charge >= 0.3 is 0 Å². The summed E-state index contributed by atoms with van der Waals surface area (Å²) in [6, 6.07) is 8.25. The highest BCUT2D eigenvalue weighted by atomic mass is 16.5. The number of hydrogen-bond acceptors (Lipinski definition) is 3. The molecule has 0 bridgehead atoms. The number of likely N-dealkylation sites (N-methyl/N-ethyl adjacent to an activating group) is 1. The van der Waals surface area contributed by atoms with Gasteiger partial charge < -0.3 is 14.8 Å². The van der Waals surface area contributed by atoms with Gasteiger partial charge in [-0.3, -0.25) is 0 Å². The Kier molecular flexibility index (Phi) is 6.52. The lowest BCUT2D eigenvalue weighted by molar-refractivity contribution is -0.0394. The number of methoxy groups -OCH3 is 1. The van der Waals surface area contributed by atoms with Crippen LogP contribution in [0, 0.1) is 5.92 Å². The van der Waals surface area contributed by atoms with Crippen LogP contribution in [0.15, 0.2) is 24.3 Å². The van der Waals surface area contributed by atoms with E-state index in [0.717, 1.165) is 24.8 Å². The van der Waals surface area contributed by atoms with E-state index in [0.29, 0.717) is 6.10 Å². The predicted octanol–water partition coefficient (Wildman–Crippen LogP) is 3.94. The standard InChI is InChI=1S/C18H29NO2/c1-4-19-13-18(15-8-6-9-16(12-15)20-3)21-17-10-5-7-14(2)11-17/h6,8-9,12,14,17-19H,4-5,7,10-11,13H2,1-3H3. The molecule has 21 heavy (non-hydrogen) atoms. The molecule has 3 unspecified atom stereocenters. The Balaban J connectivity index is 2.05. The molecule has 0 saturated heterocycles. The fourth-order valence-electron chi connectivity index (χ4n) is 3.10. The maximum absolute atomic E-state index is 6.43. The first kappa shape index (κ1) is 16.3. The number of nitrogens with one attached hydrogen (secondary N) is 1. The molecule has 1 aliphatic carbocycles. The molecule has 3 nitrogen and oxygen atoms in total. The minimum atomic E-state index is 0.107. The number of benzene rings is 1. The maximum atomic E-state index is 6.43. The Labute approximate surface area is 129 Å². The Morgan fingerprint density at radius 3 is 2.90 bits per heavy atom. The lowest BCUT2D eigenvalue weighted by atomic mass is 9.88. The van der Waals surface area contributed by atoms with Crippen molar-refractivity contribution in [3.05, 3.63) is 29.8 Å². The van der Waals surface area contributed by atoms with Gasteiger partial charge in [-0.05, 0) is 43.0 Å². The van der Waals surface area contributed by atoms with E-state index in [4.69, 9.17) is 9.47 Å². The third-order valence-electron chi connectivity index (χ3n) is 4.29. The summed E-state index contributed by atoms with van der Waals surface area (Å²) >= 11 is 0. The summed E-state index contributed by atoms with van der Waals surface area (Å²) in [6.07, 6.45) is 5.51. The third-order valence-corrected chi connectivity index (χ3v) is 4.29. The first-order valence-electron chi connectivity index (χ1n) is 8.23. The third kappa shape index (κ3) is 5.01. The summed E-state index contributed by atoms with van der Waals surface area (Å²) in [5.74, 6) is 1.68. The molecular formula is C18H29NO2. The Morgan fingerprint density at radius 2 is 2.19 bits per heavy atom. The van der Waals surface area contributed by atoms with Gasteiger partial charge in [0.1, 0.15) is 5.75 Å². The number of ether oxygens (including phenoxy) is 2. The van der Waals surface area contributed by atoms with Crippen LogP contribution in [0.5, 0.6) is 5.75 Å². The van der Waals surface area contributed by atoms with Crippen molar-refractivity contribution in [2.24, 2.45) is 5.92 Å². The molecule has 1 aromatic carbocycles. The van der Waals surface area contributed by atoms with Crippen LogP contribution in [0.25, 0.3) is 0 Å². The lowest BCUT2D eigenvalue weighted by Crippen LogP contribution is -2.29. The molecule has 0 amide bonds. The number of hydrogen-bond donors (Lipinski definition) is 1. The van der Waals surface area contributed by atoms with Crippen LogP contribution in [0.1, 0.15) is 51.2 Å². The van der Waals surface area contributed by atoms with Crippen molar-refractivity contribution in [3.63, 3.8) is 0 Å². The van der Waals surface area contributed by atoms with Crippen LogP contribution in [-0.2, 0) is 4.74 Å². The van der Waals surface area contributed by atoms with Gasteiger partial charge in [-0.25, -0.2) is 0 Å². The van der Waals surface area contributed by atoms with E-state index in [1.165, 1.54) is 31.2 Å². The normalized spacial score (nSPS) is 23.8. The minimum absolute atomic E-state index is 0.107. The van der Waals surface area contributed by atoms with Crippen molar-refractivity contribution >= 4 is 0 Å². The molecule has 1 N–H and O–H groups in total. The molecule has 0 aliphatic heterocycles. The first-order valence-corrected chi connectivity index (χ1v) is 8.23. The molecule has 1 fully saturated rings. The topological polar surface area (TPSA) is 30.5 Å². The summed E-state index contributed by atoms with van der Waals surface area (Å²) in [6.45, 7) is 6.28. The fourth-order valence-corrected chi connectivity index (χ4v) is 3.10. The largest absolute Gasteiger partial charge is 0.497 e. The molecule has 1 aromatic rings.